The van der Waals surface area contributed by atoms with Crippen LogP contribution in [0.1, 0.15) is 31.6 Å². The van der Waals surface area contributed by atoms with E-state index in [0.717, 1.165) is 48.4 Å². The molecule has 1 saturated heterocycles. The molecular formula is C17H24N2O2. The fourth-order valence-electron chi connectivity index (χ4n) is 3.17. The highest BCUT2D eigenvalue weighted by Crippen LogP contribution is 2.28. The fraction of sp³-hybridized carbons (Fsp3) is 0.529. The highest BCUT2D eigenvalue weighted by atomic mass is 16.5. The lowest BCUT2D eigenvalue weighted by Gasteiger charge is -2.37. The van der Waals surface area contributed by atoms with Gasteiger partial charge in [-0.25, -0.2) is 0 Å². The van der Waals surface area contributed by atoms with Crippen molar-refractivity contribution in [2.75, 3.05) is 13.2 Å². The molecule has 2 atom stereocenters. The van der Waals surface area contributed by atoms with Crippen molar-refractivity contribution in [3.63, 3.8) is 0 Å². The standard InChI is InChI=1S/C17H24N2O2/c1-3-13-11-20-12(2)9-19(13)10-17-15(8-18)14-6-4-5-7-16(14)21-17/h4-7,12-13H,3,8-11,18H2,1-2H3. The van der Waals surface area contributed by atoms with Crippen LogP contribution in [0.25, 0.3) is 11.0 Å². The zero-order chi connectivity index (χ0) is 14.8. The number of morpholine rings is 1. The monoisotopic (exact) mass is 288 g/mol. The van der Waals surface area contributed by atoms with E-state index < -0.39 is 0 Å². The number of ether oxygens (including phenoxy) is 1. The molecule has 0 saturated carbocycles. The molecule has 0 spiro atoms. The van der Waals surface area contributed by atoms with Crippen LogP contribution in [-0.4, -0.2) is 30.2 Å². The summed E-state index contributed by atoms with van der Waals surface area (Å²) < 4.78 is 11.8. The van der Waals surface area contributed by atoms with Gasteiger partial charge >= 0.3 is 0 Å². The first-order valence-corrected chi connectivity index (χ1v) is 7.78. The molecule has 0 bridgehead atoms. The summed E-state index contributed by atoms with van der Waals surface area (Å²) in [5.41, 5.74) is 8.03. The third-order valence-electron chi connectivity index (χ3n) is 4.39. The van der Waals surface area contributed by atoms with Crippen molar-refractivity contribution in [2.45, 2.75) is 45.5 Å². The lowest BCUT2D eigenvalue weighted by Crippen LogP contribution is -2.47. The van der Waals surface area contributed by atoms with E-state index in [-0.39, 0.29) is 6.10 Å². The molecule has 1 aromatic heterocycles. The van der Waals surface area contributed by atoms with Gasteiger partial charge in [0.15, 0.2) is 0 Å². The van der Waals surface area contributed by atoms with Crippen molar-refractivity contribution < 1.29 is 9.15 Å². The average Bonchev–Trinajstić information content (AvgIpc) is 2.84. The van der Waals surface area contributed by atoms with E-state index in [1.54, 1.807) is 0 Å². The van der Waals surface area contributed by atoms with Crippen molar-refractivity contribution in [3.8, 4) is 0 Å². The molecule has 1 aliphatic rings. The van der Waals surface area contributed by atoms with Crippen molar-refractivity contribution in [1.29, 1.82) is 0 Å². The summed E-state index contributed by atoms with van der Waals surface area (Å²) in [4.78, 5) is 2.46. The van der Waals surface area contributed by atoms with E-state index in [4.69, 9.17) is 14.9 Å². The normalized spacial score (nSPS) is 23.8. The molecule has 4 nitrogen and oxygen atoms in total. The topological polar surface area (TPSA) is 51.6 Å². The van der Waals surface area contributed by atoms with Crippen LogP contribution in [0.4, 0.5) is 0 Å². The van der Waals surface area contributed by atoms with E-state index in [1.807, 2.05) is 18.2 Å². The predicted molar refractivity (Wildman–Crippen MR) is 84.0 cm³/mol. The van der Waals surface area contributed by atoms with Crippen molar-refractivity contribution in [2.24, 2.45) is 5.73 Å². The number of nitrogens with two attached hydrogens (primary N) is 1. The molecule has 1 aromatic carbocycles. The van der Waals surface area contributed by atoms with Gasteiger partial charge in [-0.1, -0.05) is 25.1 Å². The first-order valence-electron chi connectivity index (χ1n) is 7.78. The second-order valence-corrected chi connectivity index (χ2v) is 5.84. The lowest BCUT2D eigenvalue weighted by atomic mass is 10.1. The van der Waals surface area contributed by atoms with Crippen LogP contribution >= 0.6 is 0 Å². The minimum Gasteiger partial charge on any atom is -0.459 e. The van der Waals surface area contributed by atoms with E-state index in [9.17, 15) is 0 Å². The molecular weight excluding hydrogens is 264 g/mol. The summed E-state index contributed by atoms with van der Waals surface area (Å²) in [6, 6.07) is 8.59. The lowest BCUT2D eigenvalue weighted by molar-refractivity contribution is -0.0610. The summed E-state index contributed by atoms with van der Waals surface area (Å²) in [5, 5.41) is 1.14. The largest absolute Gasteiger partial charge is 0.459 e. The molecule has 2 aromatic rings. The number of fused-ring (bicyclic) bond motifs is 1. The molecule has 0 radical (unpaired) electrons. The molecule has 2 N–H and O–H groups in total. The van der Waals surface area contributed by atoms with Gasteiger partial charge in [0.2, 0.25) is 0 Å². The zero-order valence-electron chi connectivity index (χ0n) is 12.8. The number of rotatable bonds is 4. The maximum Gasteiger partial charge on any atom is 0.134 e. The third-order valence-corrected chi connectivity index (χ3v) is 4.39. The van der Waals surface area contributed by atoms with Crippen LogP contribution < -0.4 is 5.73 Å². The Morgan fingerprint density at radius 1 is 1.33 bits per heavy atom. The van der Waals surface area contributed by atoms with Crippen LogP contribution in [-0.2, 0) is 17.8 Å². The van der Waals surface area contributed by atoms with Gasteiger partial charge in [0.25, 0.3) is 0 Å². The Kier molecular flexibility index (Phi) is 4.29. The first-order chi connectivity index (χ1) is 10.2. The number of nitrogens with zero attached hydrogens (tertiary/aromatic N) is 1. The van der Waals surface area contributed by atoms with Crippen molar-refractivity contribution in [3.05, 3.63) is 35.6 Å². The second kappa shape index (κ2) is 6.18. The molecule has 0 aliphatic carbocycles. The smallest absolute Gasteiger partial charge is 0.134 e. The van der Waals surface area contributed by atoms with Gasteiger partial charge in [0.05, 0.1) is 19.3 Å². The van der Waals surface area contributed by atoms with Crippen LogP contribution in [0, 0.1) is 0 Å². The molecule has 114 valence electrons. The molecule has 1 aliphatic heterocycles. The number of furan rings is 1. The van der Waals surface area contributed by atoms with Crippen molar-refractivity contribution >= 4 is 11.0 Å². The molecule has 3 rings (SSSR count). The molecule has 1 fully saturated rings. The fourth-order valence-corrected chi connectivity index (χ4v) is 3.17. The summed E-state index contributed by atoms with van der Waals surface area (Å²) in [7, 11) is 0. The van der Waals surface area contributed by atoms with Crippen LogP contribution in [0.15, 0.2) is 28.7 Å². The summed E-state index contributed by atoms with van der Waals surface area (Å²) in [6.45, 7) is 7.41. The predicted octanol–water partition coefficient (Wildman–Crippen LogP) is 2.89. The number of para-hydroxylation sites is 1. The van der Waals surface area contributed by atoms with Crippen molar-refractivity contribution in [1.82, 2.24) is 4.90 Å². The van der Waals surface area contributed by atoms with Gasteiger partial charge < -0.3 is 14.9 Å². The Hall–Kier alpha value is -1.36. The third kappa shape index (κ3) is 2.84. The minimum atomic E-state index is 0.276. The van der Waals surface area contributed by atoms with E-state index in [1.165, 1.54) is 0 Å². The number of hydrogen-bond acceptors (Lipinski definition) is 4. The summed E-state index contributed by atoms with van der Waals surface area (Å²) in [6.07, 6.45) is 1.36. The quantitative estimate of drug-likeness (QED) is 0.940. The molecule has 2 heterocycles. The molecule has 2 unspecified atom stereocenters. The maximum atomic E-state index is 6.06. The van der Waals surface area contributed by atoms with Gasteiger partial charge in [-0.15, -0.1) is 0 Å². The highest BCUT2D eigenvalue weighted by Gasteiger charge is 2.27. The number of benzene rings is 1. The van der Waals surface area contributed by atoms with Gasteiger partial charge in [-0.3, -0.25) is 4.90 Å². The van der Waals surface area contributed by atoms with Crippen LogP contribution in [0.3, 0.4) is 0 Å². The Balaban J connectivity index is 1.89. The Bertz CT molecular complexity index is 608. The summed E-state index contributed by atoms with van der Waals surface area (Å²) in [5.74, 6) is 1.01. The summed E-state index contributed by atoms with van der Waals surface area (Å²) >= 11 is 0. The molecule has 4 heteroatoms. The Labute approximate surface area is 125 Å². The van der Waals surface area contributed by atoms with Gasteiger partial charge in [-0.05, 0) is 19.4 Å². The minimum absolute atomic E-state index is 0.276. The Morgan fingerprint density at radius 3 is 2.90 bits per heavy atom. The van der Waals surface area contributed by atoms with Crippen LogP contribution in [0.5, 0.6) is 0 Å². The van der Waals surface area contributed by atoms with E-state index >= 15 is 0 Å². The second-order valence-electron chi connectivity index (χ2n) is 5.84. The Morgan fingerprint density at radius 2 is 2.14 bits per heavy atom. The average molecular weight is 288 g/mol. The van der Waals surface area contributed by atoms with Gasteiger partial charge in [0.1, 0.15) is 11.3 Å². The molecule has 21 heavy (non-hydrogen) atoms. The SMILES string of the molecule is CCC1COC(C)CN1Cc1oc2ccccc2c1CN. The highest BCUT2D eigenvalue weighted by molar-refractivity contribution is 5.82. The maximum absolute atomic E-state index is 6.06. The number of hydrogen-bond donors (Lipinski definition) is 1. The molecule has 0 amide bonds. The van der Waals surface area contributed by atoms with Gasteiger partial charge in [0, 0.05) is 30.1 Å². The van der Waals surface area contributed by atoms with E-state index in [0.29, 0.717) is 12.6 Å². The van der Waals surface area contributed by atoms with Gasteiger partial charge in [-0.2, -0.15) is 0 Å². The zero-order valence-corrected chi connectivity index (χ0v) is 12.8. The first kappa shape index (κ1) is 14.6. The van der Waals surface area contributed by atoms with Crippen LogP contribution in [0.2, 0.25) is 0 Å². The van der Waals surface area contributed by atoms with E-state index in [2.05, 4.69) is 24.8 Å².